The van der Waals surface area contributed by atoms with Crippen molar-refractivity contribution in [2.75, 3.05) is 131 Å². The highest BCUT2D eigenvalue weighted by Crippen LogP contribution is 2.40. The molecule has 0 radical (unpaired) electrons. The molecule has 37 nitrogen and oxygen atoms in total. The number of ether oxygens (including phenoxy) is 8. The molecule has 2 saturated carbocycles. The maximum absolute atomic E-state index is 15.0. The van der Waals surface area contributed by atoms with E-state index in [0.29, 0.717) is 148 Å². The molecule has 6 fully saturated rings. The number of Topliss-reactive ketones (excluding diaryl/α,β-unsaturated/α-hetero) is 2. The van der Waals surface area contributed by atoms with Crippen LogP contribution in [-0.4, -0.2) is 299 Å². The number of aromatic nitrogens is 2. The van der Waals surface area contributed by atoms with Gasteiger partial charge in [-0.2, -0.15) is 11.8 Å². The number of H-pyrrole nitrogens is 1. The number of rotatable bonds is 46. The number of carbonyl (C=O) groups is 14. The lowest BCUT2D eigenvalue weighted by Crippen LogP contribution is -2.60. The molecule has 1 aromatic carbocycles. The van der Waals surface area contributed by atoms with E-state index in [2.05, 4.69) is 68.5 Å². The summed E-state index contributed by atoms with van der Waals surface area (Å²) >= 11 is 1.89. The average molecular weight is 1720 g/mol. The molecule has 12 amide bonds. The van der Waals surface area contributed by atoms with E-state index in [4.69, 9.17) is 37.9 Å². The molecule has 674 valence electrons. The summed E-state index contributed by atoms with van der Waals surface area (Å²) in [6, 6.07) is -0.370. The van der Waals surface area contributed by atoms with Gasteiger partial charge in [0.05, 0.1) is 130 Å². The number of benzene rings is 1. The second-order valence-corrected chi connectivity index (χ2v) is 33.0. The Balaban J connectivity index is 0.786. The van der Waals surface area contributed by atoms with Crippen LogP contribution in [0.1, 0.15) is 160 Å². The molecule has 0 spiro atoms. The van der Waals surface area contributed by atoms with Crippen molar-refractivity contribution in [3.8, 4) is 0 Å². The Morgan fingerprint density at radius 3 is 1.78 bits per heavy atom. The maximum atomic E-state index is 15.0. The number of hydrogen-bond acceptors (Lipinski definition) is 24. The van der Waals surface area contributed by atoms with Gasteiger partial charge < -0.3 is 111 Å². The minimum atomic E-state index is -1.51. The second kappa shape index (κ2) is 54.0. The van der Waals surface area contributed by atoms with E-state index >= 15 is 0 Å². The fourth-order valence-electron chi connectivity index (χ4n) is 14.8. The largest absolute Gasteiger partial charge is 0.481 e. The Bertz CT molecular complexity index is 3620. The number of carboxylic acid groups (broad SMARTS) is 1. The van der Waals surface area contributed by atoms with Crippen molar-refractivity contribution in [1.29, 1.82) is 0 Å². The van der Waals surface area contributed by atoms with E-state index < -0.39 is 150 Å². The number of aliphatic carboxylic acids is 1. The van der Waals surface area contributed by atoms with Crippen molar-refractivity contribution in [2.24, 2.45) is 23.7 Å². The van der Waals surface area contributed by atoms with Gasteiger partial charge in [-0.3, -0.25) is 62.3 Å². The molecule has 12 atom stereocenters. The second-order valence-electron chi connectivity index (χ2n) is 31.7. The summed E-state index contributed by atoms with van der Waals surface area (Å²) in [6.45, 7) is 9.51. The minimum Gasteiger partial charge on any atom is -0.481 e. The summed E-state index contributed by atoms with van der Waals surface area (Å²) in [5.41, 5.74) is 1.31. The van der Waals surface area contributed by atoms with Gasteiger partial charge in [-0.25, -0.2) is 9.78 Å². The third kappa shape index (κ3) is 35.9. The van der Waals surface area contributed by atoms with Gasteiger partial charge in [0.25, 0.3) is 0 Å². The molecule has 1 unspecified atom stereocenters. The number of imidazole rings is 1. The van der Waals surface area contributed by atoms with Crippen LogP contribution in [0.3, 0.4) is 0 Å². The Morgan fingerprint density at radius 1 is 0.562 bits per heavy atom. The molecule has 121 heavy (non-hydrogen) atoms. The first-order valence-electron chi connectivity index (χ1n) is 43.1. The number of fused-ring (bicyclic) bond motifs is 2. The number of nitrogens with one attached hydrogen (secondary N) is 12. The predicted octanol–water partition coefficient (Wildman–Crippen LogP) is 0.920. The number of aryl methyl sites for hydroxylation is 1. The lowest BCUT2D eigenvalue weighted by atomic mass is 9.91. The normalized spacial score (nSPS) is 24.9. The van der Waals surface area contributed by atoms with Crippen LogP contribution >= 0.6 is 11.8 Å². The van der Waals surface area contributed by atoms with Gasteiger partial charge in [0.2, 0.25) is 59.1 Å². The predicted molar refractivity (Wildman–Crippen MR) is 440 cm³/mol. The molecule has 8 rings (SSSR count). The number of urea groups is 1. The van der Waals surface area contributed by atoms with Gasteiger partial charge in [0.15, 0.2) is 5.78 Å². The van der Waals surface area contributed by atoms with E-state index in [9.17, 15) is 72.2 Å². The van der Waals surface area contributed by atoms with Crippen molar-refractivity contribution in [2.45, 2.75) is 228 Å². The molecule has 38 heteroatoms. The SMILES string of the molecule is CC[C@@H]1NC(=O)[C@H](CCC(=O)O)NC(=O)CNC(=O)C(C(C)C)NC(=O)[C@H](Cc2cnc[nH]2)NC(=O)[C@H](C2CC2)NC(=O)[C@H]2CCCN2C(=O)[C@@H](NC(=O)CCOCCOCCOCCOCCOCCOCCOCCOCCCC(=O)CCCC[C@@H]2SC[C@@H]3NC(=O)N[C@@H]32)CCCNC(=O)[C@H](CCc2ccccc2)NC(=O)[C@H](C2CC2)CC1=O. The summed E-state index contributed by atoms with van der Waals surface area (Å²) in [5, 5.41) is 40.6. The third-order valence-corrected chi connectivity index (χ3v) is 23.4. The quantitative estimate of drug-likeness (QED) is 0.0324. The number of carbonyl (C=O) groups excluding carboxylic acids is 13. The molecule has 0 bridgehead atoms. The molecular formula is C83H128N14O23S. The summed E-state index contributed by atoms with van der Waals surface area (Å²) in [5.74, 6) is -9.83. The van der Waals surface area contributed by atoms with Crippen LogP contribution in [0.15, 0.2) is 42.9 Å². The summed E-state index contributed by atoms with van der Waals surface area (Å²) in [7, 11) is 0. The number of ketones is 2. The van der Waals surface area contributed by atoms with Crippen molar-refractivity contribution >= 4 is 94.4 Å². The highest BCUT2D eigenvalue weighted by molar-refractivity contribution is 8.00. The Kier molecular flexibility index (Phi) is 43.6. The van der Waals surface area contributed by atoms with Crippen LogP contribution in [-0.2, 0) is 113 Å². The van der Waals surface area contributed by atoms with Gasteiger partial charge in [0, 0.05) is 87.0 Å². The van der Waals surface area contributed by atoms with Crippen LogP contribution in [0, 0.1) is 23.7 Å². The van der Waals surface area contributed by atoms with E-state index in [0.717, 1.165) is 30.6 Å². The van der Waals surface area contributed by atoms with E-state index in [-0.39, 0.29) is 127 Å². The zero-order valence-electron chi connectivity index (χ0n) is 70.1. The minimum absolute atomic E-state index is 0.0257. The van der Waals surface area contributed by atoms with Crippen molar-refractivity contribution < 1.29 is 110 Å². The first-order chi connectivity index (χ1) is 58.5. The molecule has 2 aromatic rings. The molecule has 6 aliphatic rings. The monoisotopic (exact) mass is 1720 g/mol. The fourth-order valence-corrected chi connectivity index (χ4v) is 16.4. The zero-order valence-corrected chi connectivity index (χ0v) is 70.9. The van der Waals surface area contributed by atoms with Crippen LogP contribution in [0.2, 0.25) is 0 Å². The molecule has 4 aliphatic heterocycles. The van der Waals surface area contributed by atoms with Crippen molar-refractivity contribution in [3.05, 3.63) is 54.1 Å². The highest BCUT2D eigenvalue weighted by atomic mass is 32.2. The number of thioether (sulfide) groups is 1. The number of amides is 12. The lowest BCUT2D eigenvalue weighted by Gasteiger charge is -2.30. The third-order valence-electron chi connectivity index (χ3n) is 21.9. The molecule has 5 heterocycles. The Labute approximate surface area is 711 Å². The van der Waals surface area contributed by atoms with Crippen LogP contribution in [0.4, 0.5) is 4.79 Å². The number of unbranched alkanes of at least 4 members (excludes halogenated alkanes) is 1. The molecule has 2 aliphatic carbocycles. The average Bonchev–Trinajstić information content (AvgIpc) is 1.66. The van der Waals surface area contributed by atoms with Crippen LogP contribution in [0.25, 0.3) is 0 Å². The number of aromatic amines is 1. The van der Waals surface area contributed by atoms with E-state index in [1.54, 1.807) is 20.8 Å². The first-order valence-corrected chi connectivity index (χ1v) is 44.1. The van der Waals surface area contributed by atoms with Gasteiger partial charge in [-0.05, 0) is 120 Å². The highest BCUT2D eigenvalue weighted by Gasteiger charge is 2.46. The van der Waals surface area contributed by atoms with Crippen molar-refractivity contribution in [3.63, 3.8) is 0 Å². The molecule has 4 saturated heterocycles. The Morgan fingerprint density at radius 2 is 1.17 bits per heavy atom. The zero-order chi connectivity index (χ0) is 86.7. The first kappa shape index (κ1) is 97.7. The Hall–Kier alpha value is -8.76. The van der Waals surface area contributed by atoms with Gasteiger partial charge in [-0.15, -0.1) is 0 Å². The standard InChI is InChI=1S/C83H128N14O23S/c1-4-60-67(99)48-59(55-21-22-55)75(104)91-61(25-20-54-13-6-5-7-14-54)76(105)85-29-10-17-63(89-69(100)28-32-114-34-36-116-38-40-118-42-44-120-46-45-119-43-41-117-39-37-115-35-33-113-31-12-16-58(98)15-8-9-19-68-74-65(51-121-68)93-83(112)96-74)82(111)97-30-11-18-66(97)79(108)95-73(56-23-24-56)81(110)92-64(47-57-49-84-52-87-57)78(107)94-72(53(2)3)80(109)86-50-70(101)88-62(77(106)90-60)26-27-71(102)103/h5-7,13-14,49,52-53,55-56,59-66,68,72-74H,4,8-12,15-48,50-51H2,1-3H3,(H,84,87)(H,85,105)(H,86,109)(H,88,101)(H,89,100)(H,90,106)(H,91,104)(H,92,110)(H,94,107)(H,95,108)(H,102,103)(H2,93,96,112)/t59-,60-,61-,62-,63-,64-,65-,66+,68-,72?,73-,74-/m0/s1. The fraction of sp³-hybridized carbons (Fsp3) is 0.723. The smallest absolute Gasteiger partial charge is 0.315 e. The van der Waals surface area contributed by atoms with E-state index in [1.807, 2.05) is 42.1 Å². The maximum Gasteiger partial charge on any atom is 0.315 e. The topological polar surface area (TPSA) is 497 Å². The van der Waals surface area contributed by atoms with Crippen LogP contribution < -0.4 is 58.5 Å². The summed E-state index contributed by atoms with van der Waals surface area (Å²) in [4.78, 5) is 201. The molecular weight excluding hydrogens is 1590 g/mol. The molecule has 13 N–H and O–H groups in total. The van der Waals surface area contributed by atoms with Crippen LogP contribution in [0.5, 0.6) is 0 Å². The lowest BCUT2D eigenvalue weighted by molar-refractivity contribution is -0.142. The molecule has 1 aromatic heterocycles. The number of carboxylic acids is 1. The number of hydrogen-bond donors (Lipinski definition) is 13. The van der Waals surface area contributed by atoms with Gasteiger partial charge >= 0.3 is 12.0 Å². The van der Waals surface area contributed by atoms with E-state index in [1.165, 1.54) is 17.4 Å². The summed E-state index contributed by atoms with van der Waals surface area (Å²) in [6.07, 6.45) is 9.31. The van der Waals surface area contributed by atoms with Crippen molar-refractivity contribution in [1.82, 2.24) is 73.4 Å². The number of nitrogens with zero attached hydrogens (tertiary/aromatic N) is 2. The summed E-state index contributed by atoms with van der Waals surface area (Å²) < 4.78 is 44.9. The van der Waals surface area contributed by atoms with Gasteiger partial charge in [0.1, 0.15) is 48.1 Å². The van der Waals surface area contributed by atoms with Gasteiger partial charge in [-0.1, -0.05) is 57.5 Å².